The molecule has 2 aromatic carbocycles. The van der Waals surface area contributed by atoms with Gasteiger partial charge in [-0.15, -0.1) is 0 Å². The summed E-state index contributed by atoms with van der Waals surface area (Å²) in [6, 6.07) is 9.12. The summed E-state index contributed by atoms with van der Waals surface area (Å²) in [5.74, 6) is 0.396. The second-order valence-corrected chi connectivity index (χ2v) is 7.08. The number of carbonyl (C=O) groups excluding carboxylic acids is 1. The molecule has 0 unspecified atom stereocenters. The van der Waals surface area contributed by atoms with Crippen molar-refractivity contribution >= 4 is 40.5 Å². The SMILES string of the molecule is Cc1cc(Cl)ccc1Oc1cc(NC(=O)CCn2cc(Cl)cn2)cc([N+](=O)[O-])c1. The van der Waals surface area contributed by atoms with Crippen molar-refractivity contribution in [2.24, 2.45) is 0 Å². The Morgan fingerprint density at radius 2 is 2.03 bits per heavy atom. The summed E-state index contributed by atoms with van der Waals surface area (Å²) >= 11 is 11.7. The van der Waals surface area contributed by atoms with Gasteiger partial charge in [0.15, 0.2) is 0 Å². The van der Waals surface area contributed by atoms with Gasteiger partial charge >= 0.3 is 0 Å². The van der Waals surface area contributed by atoms with Crippen molar-refractivity contribution < 1.29 is 14.5 Å². The monoisotopic (exact) mass is 434 g/mol. The fraction of sp³-hybridized carbons (Fsp3) is 0.158. The Bertz CT molecular complexity index is 1070. The Balaban J connectivity index is 1.75. The number of rotatable bonds is 7. The predicted molar refractivity (Wildman–Crippen MR) is 110 cm³/mol. The van der Waals surface area contributed by atoms with Crippen LogP contribution in [0.5, 0.6) is 11.5 Å². The molecule has 0 aliphatic rings. The smallest absolute Gasteiger partial charge is 0.275 e. The first kappa shape index (κ1) is 20.6. The number of aromatic nitrogens is 2. The maximum absolute atomic E-state index is 12.2. The number of anilines is 1. The van der Waals surface area contributed by atoms with Crippen LogP contribution in [0.15, 0.2) is 48.8 Å². The van der Waals surface area contributed by atoms with Gasteiger partial charge in [-0.3, -0.25) is 19.6 Å². The summed E-state index contributed by atoms with van der Waals surface area (Å²) in [6.45, 7) is 2.13. The van der Waals surface area contributed by atoms with Crippen LogP contribution in [0.2, 0.25) is 10.0 Å². The first-order valence-electron chi connectivity index (χ1n) is 8.51. The number of non-ortho nitro benzene ring substituents is 1. The number of hydrogen-bond donors (Lipinski definition) is 1. The van der Waals surface area contributed by atoms with Crippen molar-refractivity contribution in [3.8, 4) is 11.5 Å². The van der Waals surface area contributed by atoms with E-state index < -0.39 is 4.92 Å². The minimum atomic E-state index is -0.553. The van der Waals surface area contributed by atoms with E-state index in [0.29, 0.717) is 22.3 Å². The second-order valence-electron chi connectivity index (χ2n) is 6.20. The molecule has 0 spiro atoms. The summed E-state index contributed by atoms with van der Waals surface area (Å²) in [4.78, 5) is 22.9. The maximum Gasteiger partial charge on any atom is 0.275 e. The fourth-order valence-corrected chi connectivity index (χ4v) is 2.96. The van der Waals surface area contributed by atoms with Gasteiger partial charge in [-0.25, -0.2) is 0 Å². The van der Waals surface area contributed by atoms with Gasteiger partial charge < -0.3 is 10.1 Å². The van der Waals surface area contributed by atoms with Crippen LogP contribution in [0.3, 0.4) is 0 Å². The average Bonchev–Trinajstić information content (AvgIpc) is 3.07. The summed E-state index contributed by atoms with van der Waals surface area (Å²) in [5.41, 5.74) is 0.820. The van der Waals surface area contributed by atoms with Crippen LogP contribution in [-0.4, -0.2) is 20.6 Å². The molecule has 0 saturated carbocycles. The molecule has 8 nitrogen and oxygen atoms in total. The number of nitro groups is 1. The zero-order valence-corrected chi connectivity index (χ0v) is 16.8. The third-order valence-electron chi connectivity index (χ3n) is 3.92. The Morgan fingerprint density at radius 1 is 1.24 bits per heavy atom. The number of nitrogens with one attached hydrogen (secondary N) is 1. The first-order chi connectivity index (χ1) is 13.8. The van der Waals surface area contributed by atoms with Crippen molar-refractivity contribution in [3.63, 3.8) is 0 Å². The largest absolute Gasteiger partial charge is 0.457 e. The lowest BCUT2D eigenvalue weighted by molar-refractivity contribution is -0.384. The van der Waals surface area contributed by atoms with Crippen LogP contribution >= 0.6 is 23.2 Å². The topological polar surface area (TPSA) is 99.3 Å². The van der Waals surface area contributed by atoms with Gasteiger partial charge in [0, 0.05) is 36.3 Å². The van der Waals surface area contributed by atoms with E-state index in [1.807, 2.05) is 6.92 Å². The number of carbonyl (C=O) groups is 1. The lowest BCUT2D eigenvalue weighted by Crippen LogP contribution is -2.14. The molecular weight excluding hydrogens is 419 g/mol. The lowest BCUT2D eigenvalue weighted by Gasteiger charge is -2.11. The number of nitro benzene ring substituents is 1. The zero-order chi connectivity index (χ0) is 21.0. The number of halogens is 2. The van der Waals surface area contributed by atoms with E-state index >= 15 is 0 Å². The zero-order valence-electron chi connectivity index (χ0n) is 15.3. The summed E-state index contributed by atoms with van der Waals surface area (Å²) in [7, 11) is 0. The van der Waals surface area contributed by atoms with E-state index in [2.05, 4.69) is 10.4 Å². The predicted octanol–water partition coefficient (Wildman–Crippen LogP) is 5.23. The molecule has 3 aromatic rings. The molecular formula is C19H16Cl2N4O4. The number of amides is 1. The van der Waals surface area contributed by atoms with Crippen molar-refractivity contribution in [2.75, 3.05) is 5.32 Å². The van der Waals surface area contributed by atoms with Gasteiger partial charge in [0.1, 0.15) is 11.5 Å². The van der Waals surface area contributed by atoms with Crippen molar-refractivity contribution in [1.29, 1.82) is 0 Å². The Hall–Kier alpha value is -3.10. The summed E-state index contributed by atoms with van der Waals surface area (Å²) in [5, 5.41) is 18.9. The van der Waals surface area contributed by atoms with Crippen molar-refractivity contribution in [2.45, 2.75) is 19.9 Å². The van der Waals surface area contributed by atoms with Gasteiger partial charge in [-0.2, -0.15) is 5.10 Å². The average molecular weight is 435 g/mol. The molecule has 0 bridgehead atoms. The third kappa shape index (κ3) is 5.69. The summed E-state index contributed by atoms with van der Waals surface area (Å²) in [6.07, 6.45) is 3.19. The fourth-order valence-electron chi connectivity index (χ4n) is 2.57. The van der Waals surface area contributed by atoms with Crippen LogP contribution in [0.1, 0.15) is 12.0 Å². The van der Waals surface area contributed by atoms with Gasteiger partial charge in [-0.1, -0.05) is 23.2 Å². The number of hydrogen-bond acceptors (Lipinski definition) is 5. The van der Waals surface area contributed by atoms with Crippen LogP contribution < -0.4 is 10.1 Å². The third-order valence-corrected chi connectivity index (χ3v) is 4.35. The molecule has 0 aliphatic heterocycles. The van der Waals surface area contributed by atoms with Crippen LogP contribution in [0.25, 0.3) is 0 Å². The molecule has 0 radical (unpaired) electrons. The highest BCUT2D eigenvalue weighted by Crippen LogP contribution is 2.32. The van der Waals surface area contributed by atoms with E-state index in [0.717, 1.165) is 5.56 Å². The molecule has 10 heteroatoms. The molecule has 1 amide bonds. The normalized spacial score (nSPS) is 10.6. The Morgan fingerprint density at radius 3 is 2.69 bits per heavy atom. The number of aryl methyl sites for hydroxylation is 2. The van der Waals surface area contributed by atoms with Gasteiger partial charge in [0.25, 0.3) is 5.69 Å². The van der Waals surface area contributed by atoms with E-state index in [4.69, 9.17) is 27.9 Å². The molecule has 1 heterocycles. The molecule has 0 aliphatic carbocycles. The van der Waals surface area contributed by atoms with Gasteiger partial charge in [-0.05, 0) is 30.7 Å². The highest BCUT2D eigenvalue weighted by molar-refractivity contribution is 6.30. The second kappa shape index (κ2) is 8.93. The molecule has 1 N–H and O–H groups in total. The Labute approximate surface area is 176 Å². The molecule has 29 heavy (non-hydrogen) atoms. The highest BCUT2D eigenvalue weighted by atomic mass is 35.5. The van der Waals surface area contributed by atoms with Crippen molar-refractivity contribution in [3.05, 3.63) is 74.5 Å². The standard InChI is InChI=1S/C19H16Cl2N4O4/c1-12-6-13(20)2-3-18(12)29-17-8-15(7-16(9-17)25(27)28)23-19(26)4-5-24-11-14(21)10-22-24/h2-3,6-11H,4-5H2,1H3,(H,23,26). The molecule has 3 rings (SSSR count). The quantitative estimate of drug-likeness (QED) is 0.405. The molecule has 0 atom stereocenters. The van der Waals surface area contributed by atoms with E-state index in [1.165, 1.54) is 29.1 Å². The van der Waals surface area contributed by atoms with Crippen LogP contribution in [0, 0.1) is 17.0 Å². The number of nitrogens with zero attached hydrogens (tertiary/aromatic N) is 3. The van der Waals surface area contributed by atoms with Crippen LogP contribution in [-0.2, 0) is 11.3 Å². The number of benzene rings is 2. The molecule has 150 valence electrons. The van der Waals surface area contributed by atoms with E-state index in [-0.39, 0.29) is 29.5 Å². The highest BCUT2D eigenvalue weighted by Gasteiger charge is 2.14. The minimum absolute atomic E-state index is 0.118. The number of ether oxygens (including phenoxy) is 1. The molecule has 1 aromatic heterocycles. The Kier molecular flexibility index (Phi) is 6.36. The lowest BCUT2D eigenvalue weighted by atomic mass is 10.2. The van der Waals surface area contributed by atoms with E-state index in [9.17, 15) is 14.9 Å². The molecule has 0 fully saturated rings. The molecule has 0 saturated heterocycles. The van der Waals surface area contributed by atoms with Gasteiger partial charge in [0.05, 0.1) is 27.9 Å². The minimum Gasteiger partial charge on any atom is -0.457 e. The summed E-state index contributed by atoms with van der Waals surface area (Å²) < 4.78 is 7.30. The van der Waals surface area contributed by atoms with Crippen molar-refractivity contribution in [1.82, 2.24) is 9.78 Å². The van der Waals surface area contributed by atoms with Gasteiger partial charge in [0.2, 0.25) is 5.91 Å². The maximum atomic E-state index is 12.2. The van der Waals surface area contributed by atoms with Crippen LogP contribution in [0.4, 0.5) is 11.4 Å². The van der Waals surface area contributed by atoms with E-state index in [1.54, 1.807) is 24.4 Å². The first-order valence-corrected chi connectivity index (χ1v) is 9.27.